The van der Waals surface area contributed by atoms with Crippen LogP contribution >= 0.6 is 23.2 Å². The second kappa shape index (κ2) is 8.75. The van der Waals surface area contributed by atoms with Gasteiger partial charge in [0, 0.05) is 24.6 Å². The Bertz CT molecular complexity index is 1170. The summed E-state index contributed by atoms with van der Waals surface area (Å²) in [6, 6.07) is 14.6. The number of nitrogens with one attached hydrogen (secondary N) is 1. The number of rotatable bonds is 5. The molecule has 4 rings (SSSR count). The van der Waals surface area contributed by atoms with Crippen LogP contribution in [0.1, 0.15) is 23.2 Å². The maximum absolute atomic E-state index is 12.7. The third-order valence-electron chi connectivity index (χ3n) is 4.56. The van der Waals surface area contributed by atoms with Crippen molar-refractivity contribution in [1.82, 2.24) is 4.98 Å². The normalized spacial score (nSPS) is 13.4. The fourth-order valence-corrected chi connectivity index (χ4v) is 3.48. The number of para-hydroxylation sites is 2. The van der Waals surface area contributed by atoms with Crippen molar-refractivity contribution in [3.8, 4) is 11.6 Å². The Balaban J connectivity index is 1.51. The minimum atomic E-state index is -0.392. The van der Waals surface area contributed by atoms with Gasteiger partial charge in [-0.05, 0) is 42.5 Å². The summed E-state index contributed by atoms with van der Waals surface area (Å²) in [7, 11) is 0. The van der Waals surface area contributed by atoms with Gasteiger partial charge in [0.15, 0.2) is 5.75 Å². The molecule has 1 fully saturated rings. The number of halogens is 2. The van der Waals surface area contributed by atoms with Crippen LogP contribution in [0, 0.1) is 0 Å². The van der Waals surface area contributed by atoms with E-state index in [-0.39, 0.29) is 35.6 Å². The Morgan fingerprint density at radius 1 is 1.00 bits per heavy atom. The third-order valence-corrected chi connectivity index (χ3v) is 5.03. The highest BCUT2D eigenvalue weighted by molar-refractivity contribution is 6.35. The van der Waals surface area contributed by atoms with Gasteiger partial charge in [0.05, 0.1) is 16.4 Å². The second-order valence-electron chi connectivity index (χ2n) is 6.66. The first-order valence-corrected chi connectivity index (χ1v) is 10.0. The fourth-order valence-electron chi connectivity index (χ4n) is 3.06. The van der Waals surface area contributed by atoms with E-state index in [1.807, 2.05) is 0 Å². The second-order valence-corrected chi connectivity index (χ2v) is 7.51. The number of ether oxygens (including phenoxy) is 1. The summed E-state index contributed by atoms with van der Waals surface area (Å²) < 4.78 is 5.74. The molecule has 31 heavy (non-hydrogen) atoms. The van der Waals surface area contributed by atoms with Gasteiger partial charge >= 0.3 is 0 Å². The molecule has 0 unspecified atom stereocenters. The van der Waals surface area contributed by atoms with Crippen LogP contribution in [0.4, 0.5) is 11.4 Å². The lowest BCUT2D eigenvalue weighted by atomic mass is 10.1. The Kier molecular flexibility index (Phi) is 5.88. The molecule has 1 aliphatic rings. The number of benzene rings is 2. The molecule has 1 saturated heterocycles. The van der Waals surface area contributed by atoms with E-state index in [2.05, 4.69) is 10.3 Å². The maximum atomic E-state index is 12.7. The summed E-state index contributed by atoms with van der Waals surface area (Å²) in [5.41, 5.74) is 1.20. The number of aromatic nitrogens is 1. The first kappa shape index (κ1) is 20.8. The molecule has 0 radical (unpaired) electrons. The minimum absolute atomic E-state index is 0.150. The van der Waals surface area contributed by atoms with Gasteiger partial charge in [-0.15, -0.1) is 0 Å². The zero-order chi connectivity index (χ0) is 22.0. The lowest BCUT2D eigenvalue weighted by Gasteiger charge is -2.15. The van der Waals surface area contributed by atoms with Gasteiger partial charge in [-0.1, -0.05) is 35.3 Å². The predicted molar refractivity (Wildman–Crippen MR) is 117 cm³/mol. The quantitative estimate of drug-likeness (QED) is 0.541. The van der Waals surface area contributed by atoms with Crippen LogP contribution in [0.3, 0.4) is 0 Å². The van der Waals surface area contributed by atoms with E-state index < -0.39 is 5.91 Å². The van der Waals surface area contributed by atoms with Crippen molar-refractivity contribution in [3.63, 3.8) is 0 Å². The van der Waals surface area contributed by atoms with Crippen molar-refractivity contribution in [2.24, 2.45) is 0 Å². The number of anilines is 2. The molecule has 3 amide bonds. The van der Waals surface area contributed by atoms with Crippen molar-refractivity contribution in [3.05, 3.63) is 76.4 Å². The standard InChI is InChI=1S/C22H15Cl2N3O4/c23-14-11-16(24)22(25-12-14)31-18-4-2-1-3-17(18)26-21(30)13-5-7-15(8-6-13)27-19(28)9-10-20(27)29/h1-8,11-12H,9-10H2,(H,26,30). The SMILES string of the molecule is O=C(Nc1ccccc1Oc1ncc(Cl)cc1Cl)c1ccc(N2C(=O)CCC2=O)cc1. The molecule has 1 N–H and O–H groups in total. The van der Waals surface area contributed by atoms with Crippen LogP contribution in [-0.4, -0.2) is 22.7 Å². The average Bonchev–Trinajstić information content (AvgIpc) is 3.09. The Morgan fingerprint density at radius 3 is 2.35 bits per heavy atom. The number of hydrogen-bond acceptors (Lipinski definition) is 5. The third kappa shape index (κ3) is 4.52. The highest BCUT2D eigenvalue weighted by Crippen LogP contribution is 2.33. The van der Waals surface area contributed by atoms with Crippen LogP contribution in [0.5, 0.6) is 11.6 Å². The highest BCUT2D eigenvalue weighted by atomic mass is 35.5. The molecule has 3 aromatic rings. The lowest BCUT2D eigenvalue weighted by Crippen LogP contribution is -2.28. The first-order valence-electron chi connectivity index (χ1n) is 9.27. The molecular formula is C22H15Cl2N3O4. The Labute approximate surface area is 187 Å². The number of carbonyl (C=O) groups is 3. The summed E-state index contributed by atoms with van der Waals surface area (Å²) in [6.07, 6.45) is 1.80. The molecule has 2 aromatic carbocycles. The number of pyridine rings is 1. The topological polar surface area (TPSA) is 88.6 Å². The van der Waals surface area contributed by atoms with Gasteiger partial charge in [0.25, 0.3) is 5.91 Å². The van der Waals surface area contributed by atoms with Gasteiger partial charge < -0.3 is 10.1 Å². The molecule has 0 bridgehead atoms. The smallest absolute Gasteiger partial charge is 0.255 e. The zero-order valence-corrected chi connectivity index (χ0v) is 17.5. The minimum Gasteiger partial charge on any atom is -0.435 e. The van der Waals surface area contributed by atoms with Crippen LogP contribution in [-0.2, 0) is 9.59 Å². The first-order chi connectivity index (χ1) is 14.9. The number of amides is 3. The molecule has 0 saturated carbocycles. The Morgan fingerprint density at radius 2 is 1.68 bits per heavy atom. The van der Waals surface area contributed by atoms with E-state index in [1.54, 1.807) is 48.5 Å². The lowest BCUT2D eigenvalue weighted by molar-refractivity contribution is -0.121. The van der Waals surface area contributed by atoms with Gasteiger partial charge in [-0.3, -0.25) is 19.3 Å². The monoisotopic (exact) mass is 455 g/mol. The molecule has 1 aliphatic heterocycles. The van der Waals surface area contributed by atoms with E-state index in [1.165, 1.54) is 12.3 Å². The zero-order valence-electron chi connectivity index (χ0n) is 16.0. The molecular weight excluding hydrogens is 441 g/mol. The van der Waals surface area contributed by atoms with E-state index in [0.29, 0.717) is 27.7 Å². The van der Waals surface area contributed by atoms with E-state index in [0.717, 1.165) is 4.90 Å². The largest absolute Gasteiger partial charge is 0.435 e. The van der Waals surface area contributed by atoms with Crippen LogP contribution in [0.15, 0.2) is 60.8 Å². The Hall–Kier alpha value is -3.42. The molecule has 9 heteroatoms. The summed E-state index contributed by atoms with van der Waals surface area (Å²) in [5.74, 6) is -0.392. The fraction of sp³-hybridized carbons (Fsp3) is 0.0909. The summed E-state index contributed by atoms with van der Waals surface area (Å²) in [4.78, 5) is 41.6. The molecule has 0 spiro atoms. The van der Waals surface area contributed by atoms with Gasteiger partial charge in [0.2, 0.25) is 17.7 Å². The van der Waals surface area contributed by atoms with E-state index in [9.17, 15) is 14.4 Å². The van der Waals surface area contributed by atoms with Crippen LogP contribution in [0.25, 0.3) is 0 Å². The van der Waals surface area contributed by atoms with E-state index >= 15 is 0 Å². The number of nitrogens with zero attached hydrogens (tertiary/aromatic N) is 2. The molecule has 0 aliphatic carbocycles. The van der Waals surface area contributed by atoms with Crippen molar-refractivity contribution in [2.75, 3.05) is 10.2 Å². The average molecular weight is 456 g/mol. The molecule has 1 aromatic heterocycles. The summed E-state index contributed by atoms with van der Waals surface area (Å²) in [6.45, 7) is 0. The van der Waals surface area contributed by atoms with E-state index in [4.69, 9.17) is 27.9 Å². The number of imide groups is 1. The maximum Gasteiger partial charge on any atom is 0.255 e. The van der Waals surface area contributed by atoms with Crippen LogP contribution in [0.2, 0.25) is 10.0 Å². The van der Waals surface area contributed by atoms with Gasteiger partial charge in [-0.25, -0.2) is 4.98 Å². The number of carbonyl (C=O) groups excluding carboxylic acids is 3. The highest BCUT2D eigenvalue weighted by Gasteiger charge is 2.30. The summed E-state index contributed by atoms with van der Waals surface area (Å²) in [5, 5.41) is 3.38. The predicted octanol–water partition coefficient (Wildman–Crippen LogP) is 5.09. The van der Waals surface area contributed by atoms with Crippen molar-refractivity contribution >= 4 is 52.3 Å². The number of hydrogen-bond donors (Lipinski definition) is 1. The van der Waals surface area contributed by atoms with Crippen molar-refractivity contribution in [1.29, 1.82) is 0 Å². The molecule has 156 valence electrons. The van der Waals surface area contributed by atoms with Crippen molar-refractivity contribution < 1.29 is 19.1 Å². The van der Waals surface area contributed by atoms with Gasteiger partial charge in [0.1, 0.15) is 5.02 Å². The molecule has 7 nitrogen and oxygen atoms in total. The van der Waals surface area contributed by atoms with Crippen molar-refractivity contribution in [2.45, 2.75) is 12.8 Å². The summed E-state index contributed by atoms with van der Waals surface area (Å²) >= 11 is 12.0. The molecule has 2 heterocycles. The molecule has 0 atom stereocenters. The van der Waals surface area contributed by atoms with Gasteiger partial charge in [-0.2, -0.15) is 0 Å². The van der Waals surface area contributed by atoms with Crippen LogP contribution < -0.4 is 15.0 Å².